The van der Waals surface area contributed by atoms with Gasteiger partial charge in [-0.2, -0.15) is 0 Å². The van der Waals surface area contributed by atoms with Gasteiger partial charge in [0.1, 0.15) is 0 Å². The zero-order valence-electron chi connectivity index (χ0n) is 21.1. The highest BCUT2D eigenvalue weighted by Crippen LogP contribution is 2.39. The summed E-state index contributed by atoms with van der Waals surface area (Å²) in [6.07, 6.45) is 4.23. The lowest BCUT2D eigenvalue weighted by Gasteiger charge is -2.18. The number of rotatable bonds is 7. The molecule has 1 fully saturated rings. The van der Waals surface area contributed by atoms with Gasteiger partial charge in [-0.3, -0.25) is 24.1 Å². The van der Waals surface area contributed by atoms with Gasteiger partial charge in [0, 0.05) is 23.4 Å². The van der Waals surface area contributed by atoms with Crippen molar-refractivity contribution in [1.29, 1.82) is 0 Å². The van der Waals surface area contributed by atoms with Crippen molar-refractivity contribution >= 4 is 40.7 Å². The minimum Gasteiger partial charge on any atom is -0.326 e. The van der Waals surface area contributed by atoms with Crippen LogP contribution in [0.15, 0.2) is 90.5 Å². The minimum absolute atomic E-state index is 0.107. The van der Waals surface area contributed by atoms with Crippen LogP contribution in [0.2, 0.25) is 0 Å². The highest BCUT2D eigenvalue weighted by molar-refractivity contribution is 6.22. The number of hydrogen-bond acceptors (Lipinski definition) is 4. The number of amides is 4. The summed E-state index contributed by atoms with van der Waals surface area (Å²) in [7, 11) is 0. The molecule has 0 saturated carbocycles. The standard InChI is InChI=1S/C31H29N3O4/c1-20-10-16-26-27(18-20)31(38)34(30(26)37)25-14-12-22(13-15-25)29(36)33-24-9-5-8-23(19-24)32-28(35)17-11-21-6-3-2-4-7-21/h2-10,12-15,19,26-27H,11,16-18H2,1H3,(H,32,35)(H,33,36)/t26-,27+/m0/s1. The summed E-state index contributed by atoms with van der Waals surface area (Å²) in [5.74, 6) is -1.40. The Morgan fingerprint density at radius 2 is 1.53 bits per heavy atom. The van der Waals surface area contributed by atoms with Gasteiger partial charge in [0.2, 0.25) is 17.7 Å². The van der Waals surface area contributed by atoms with Crippen LogP contribution in [0.3, 0.4) is 0 Å². The van der Waals surface area contributed by atoms with E-state index in [2.05, 4.69) is 10.6 Å². The topological polar surface area (TPSA) is 95.6 Å². The molecule has 3 aromatic carbocycles. The summed E-state index contributed by atoms with van der Waals surface area (Å²) >= 11 is 0. The molecule has 0 spiro atoms. The van der Waals surface area contributed by atoms with E-state index in [1.54, 1.807) is 48.5 Å². The Hall–Kier alpha value is -4.52. The molecule has 2 atom stereocenters. The average Bonchev–Trinajstić information content (AvgIpc) is 3.17. The Labute approximate surface area is 221 Å². The Morgan fingerprint density at radius 3 is 2.26 bits per heavy atom. The Balaban J connectivity index is 1.19. The van der Waals surface area contributed by atoms with Gasteiger partial charge in [-0.25, -0.2) is 0 Å². The van der Waals surface area contributed by atoms with Crippen molar-refractivity contribution in [2.75, 3.05) is 15.5 Å². The molecule has 2 aliphatic rings. The fraction of sp³-hybridized carbons (Fsp3) is 0.226. The maximum absolute atomic E-state index is 12.9. The molecule has 3 aromatic rings. The number of allylic oxidation sites excluding steroid dienone is 2. The summed E-state index contributed by atoms with van der Waals surface area (Å²) < 4.78 is 0. The van der Waals surface area contributed by atoms with Crippen molar-refractivity contribution in [3.05, 3.63) is 102 Å². The Bertz CT molecular complexity index is 1410. The lowest BCUT2D eigenvalue weighted by molar-refractivity contribution is -0.122. The molecule has 1 aliphatic heterocycles. The first-order valence-corrected chi connectivity index (χ1v) is 12.8. The molecule has 0 radical (unpaired) electrons. The number of imide groups is 1. The maximum Gasteiger partial charge on any atom is 0.255 e. The second-order valence-corrected chi connectivity index (χ2v) is 9.83. The number of anilines is 3. The molecule has 0 aromatic heterocycles. The third kappa shape index (κ3) is 5.42. The number of benzene rings is 3. The van der Waals surface area contributed by atoms with Gasteiger partial charge in [-0.05, 0) is 74.2 Å². The van der Waals surface area contributed by atoms with Crippen LogP contribution >= 0.6 is 0 Å². The molecule has 1 aliphatic carbocycles. The van der Waals surface area contributed by atoms with Gasteiger partial charge in [-0.1, -0.05) is 48.0 Å². The van der Waals surface area contributed by atoms with Gasteiger partial charge in [0.15, 0.2) is 0 Å². The third-order valence-corrected chi connectivity index (χ3v) is 7.10. The van der Waals surface area contributed by atoms with Crippen molar-refractivity contribution < 1.29 is 19.2 Å². The van der Waals surface area contributed by atoms with Gasteiger partial charge < -0.3 is 10.6 Å². The molecule has 192 valence electrons. The lowest BCUT2D eigenvalue weighted by atomic mass is 9.82. The number of fused-ring (bicyclic) bond motifs is 1. The maximum atomic E-state index is 12.9. The first-order valence-electron chi connectivity index (χ1n) is 12.8. The van der Waals surface area contributed by atoms with Crippen LogP contribution in [0.4, 0.5) is 17.1 Å². The number of hydrogen-bond donors (Lipinski definition) is 2. The molecule has 1 saturated heterocycles. The Morgan fingerprint density at radius 1 is 0.842 bits per heavy atom. The lowest BCUT2D eigenvalue weighted by Crippen LogP contribution is -2.30. The molecule has 4 amide bonds. The number of aryl methyl sites for hydroxylation is 1. The highest BCUT2D eigenvalue weighted by atomic mass is 16.2. The smallest absolute Gasteiger partial charge is 0.255 e. The fourth-order valence-electron chi connectivity index (χ4n) is 5.06. The van der Waals surface area contributed by atoms with Crippen molar-refractivity contribution in [3.63, 3.8) is 0 Å². The first-order chi connectivity index (χ1) is 18.4. The average molecular weight is 508 g/mol. The number of nitrogens with one attached hydrogen (secondary N) is 2. The fourth-order valence-corrected chi connectivity index (χ4v) is 5.06. The van der Waals surface area contributed by atoms with Crippen LogP contribution < -0.4 is 15.5 Å². The predicted molar refractivity (Wildman–Crippen MR) is 147 cm³/mol. The SMILES string of the molecule is CC1=CC[C@@H]2C(=O)N(c3ccc(C(=O)Nc4cccc(NC(=O)CCc5ccccc5)c4)cc3)C(=O)[C@@H]2C1. The second-order valence-electron chi connectivity index (χ2n) is 9.83. The van der Waals surface area contributed by atoms with Crippen LogP contribution in [0.1, 0.15) is 42.1 Å². The van der Waals surface area contributed by atoms with Gasteiger partial charge in [0.25, 0.3) is 5.91 Å². The van der Waals surface area contributed by atoms with Crippen LogP contribution in [-0.4, -0.2) is 23.6 Å². The van der Waals surface area contributed by atoms with E-state index in [0.717, 1.165) is 11.1 Å². The van der Waals surface area contributed by atoms with Gasteiger partial charge >= 0.3 is 0 Å². The van der Waals surface area contributed by atoms with E-state index in [0.29, 0.717) is 48.3 Å². The summed E-state index contributed by atoms with van der Waals surface area (Å²) in [6, 6.07) is 23.2. The minimum atomic E-state index is -0.336. The van der Waals surface area contributed by atoms with E-state index < -0.39 is 0 Å². The monoisotopic (exact) mass is 507 g/mol. The van der Waals surface area contributed by atoms with E-state index in [4.69, 9.17) is 0 Å². The molecule has 7 nitrogen and oxygen atoms in total. The summed E-state index contributed by atoms with van der Waals surface area (Å²) in [4.78, 5) is 52.3. The molecule has 7 heteroatoms. The molecular weight excluding hydrogens is 478 g/mol. The van der Waals surface area contributed by atoms with E-state index in [1.165, 1.54) is 4.90 Å². The molecule has 5 rings (SSSR count). The Kier molecular flexibility index (Phi) is 7.18. The van der Waals surface area contributed by atoms with Crippen molar-refractivity contribution in [3.8, 4) is 0 Å². The van der Waals surface area contributed by atoms with E-state index >= 15 is 0 Å². The molecule has 0 unspecified atom stereocenters. The summed E-state index contributed by atoms with van der Waals surface area (Å²) in [6.45, 7) is 1.99. The zero-order valence-corrected chi connectivity index (χ0v) is 21.1. The van der Waals surface area contributed by atoms with Crippen LogP contribution in [0.5, 0.6) is 0 Å². The third-order valence-electron chi connectivity index (χ3n) is 7.10. The van der Waals surface area contributed by atoms with Crippen LogP contribution in [0.25, 0.3) is 0 Å². The van der Waals surface area contributed by atoms with Crippen LogP contribution in [0, 0.1) is 11.8 Å². The van der Waals surface area contributed by atoms with Crippen molar-refractivity contribution in [2.45, 2.75) is 32.6 Å². The van der Waals surface area contributed by atoms with E-state index in [1.807, 2.05) is 43.3 Å². The molecular formula is C31H29N3O4. The van der Waals surface area contributed by atoms with Crippen LogP contribution in [-0.2, 0) is 20.8 Å². The molecule has 2 N–H and O–H groups in total. The normalized spacial score (nSPS) is 18.6. The second kappa shape index (κ2) is 10.8. The highest BCUT2D eigenvalue weighted by Gasteiger charge is 2.48. The predicted octanol–water partition coefficient (Wildman–Crippen LogP) is 5.36. The number of nitrogens with zero attached hydrogens (tertiary/aromatic N) is 1. The van der Waals surface area contributed by atoms with Gasteiger partial charge in [0.05, 0.1) is 17.5 Å². The zero-order chi connectivity index (χ0) is 26.6. The molecule has 1 heterocycles. The van der Waals surface area contributed by atoms with Crippen molar-refractivity contribution in [1.82, 2.24) is 0 Å². The largest absolute Gasteiger partial charge is 0.326 e. The van der Waals surface area contributed by atoms with Crippen molar-refractivity contribution in [2.24, 2.45) is 11.8 Å². The van der Waals surface area contributed by atoms with E-state index in [-0.39, 0.29) is 35.5 Å². The summed E-state index contributed by atoms with van der Waals surface area (Å²) in [5, 5.41) is 5.71. The number of carbonyl (C=O) groups is 4. The molecule has 0 bridgehead atoms. The van der Waals surface area contributed by atoms with E-state index in [9.17, 15) is 19.2 Å². The van der Waals surface area contributed by atoms with Gasteiger partial charge in [-0.15, -0.1) is 0 Å². The number of carbonyl (C=O) groups excluding carboxylic acids is 4. The summed E-state index contributed by atoms with van der Waals surface area (Å²) in [5.41, 5.74) is 4.23. The molecule has 38 heavy (non-hydrogen) atoms. The first kappa shape index (κ1) is 25.1. The quantitative estimate of drug-likeness (QED) is 0.333.